The van der Waals surface area contributed by atoms with Gasteiger partial charge in [0.05, 0.1) is 17.8 Å². The second-order valence-electron chi connectivity index (χ2n) is 6.59. The number of likely N-dealkylation sites (tertiary alicyclic amines) is 1. The molecule has 0 radical (unpaired) electrons. The van der Waals surface area contributed by atoms with Gasteiger partial charge in [0.25, 0.3) is 5.91 Å². The van der Waals surface area contributed by atoms with E-state index in [0.717, 1.165) is 31.5 Å². The zero-order valence-electron chi connectivity index (χ0n) is 15.2. The molecular weight excluding hydrogens is 387 g/mol. The zero-order valence-corrected chi connectivity index (χ0v) is 16.7. The summed E-state index contributed by atoms with van der Waals surface area (Å²) in [6.07, 6.45) is 2.39. The smallest absolute Gasteiger partial charge is 0.256 e. The number of hydrogen-bond donors (Lipinski definition) is 1. The molecule has 0 spiro atoms. The minimum absolute atomic E-state index is 0.0741. The highest BCUT2D eigenvalue weighted by molar-refractivity contribution is 6.33. The molecule has 1 aliphatic heterocycles. The maximum absolute atomic E-state index is 12.5. The lowest BCUT2D eigenvalue weighted by Crippen LogP contribution is -2.32. The Morgan fingerprint density at radius 1 is 1.19 bits per heavy atom. The second kappa shape index (κ2) is 8.76. The molecule has 2 amide bonds. The monoisotopic (exact) mass is 408 g/mol. The van der Waals surface area contributed by atoms with Crippen LogP contribution in [0.2, 0.25) is 10.2 Å². The van der Waals surface area contributed by atoms with Gasteiger partial charge < -0.3 is 10.2 Å². The molecule has 2 heterocycles. The largest absolute Gasteiger partial charge is 0.351 e. The Labute approximate surface area is 168 Å². The molecule has 1 saturated heterocycles. The van der Waals surface area contributed by atoms with Crippen molar-refractivity contribution in [3.8, 4) is 0 Å². The summed E-state index contributed by atoms with van der Waals surface area (Å²) < 4.78 is 1.56. The van der Waals surface area contributed by atoms with E-state index < -0.39 is 0 Å². The van der Waals surface area contributed by atoms with Crippen LogP contribution in [0, 0.1) is 6.92 Å². The molecule has 2 aromatic rings. The second-order valence-corrected chi connectivity index (χ2v) is 7.36. The average molecular weight is 409 g/mol. The highest BCUT2D eigenvalue weighted by Crippen LogP contribution is 2.23. The number of halogens is 2. The first kappa shape index (κ1) is 19.7. The van der Waals surface area contributed by atoms with Crippen molar-refractivity contribution < 1.29 is 9.59 Å². The zero-order chi connectivity index (χ0) is 19.4. The number of hydrogen-bond acceptors (Lipinski definition) is 3. The van der Waals surface area contributed by atoms with Crippen LogP contribution in [0.1, 0.15) is 40.9 Å². The molecule has 0 saturated carbocycles. The first-order valence-electron chi connectivity index (χ1n) is 8.99. The molecule has 3 rings (SSSR count). The topological polar surface area (TPSA) is 67.2 Å². The van der Waals surface area contributed by atoms with E-state index >= 15 is 0 Å². The van der Waals surface area contributed by atoms with Crippen molar-refractivity contribution >= 4 is 35.0 Å². The Morgan fingerprint density at radius 3 is 2.59 bits per heavy atom. The normalized spacial score (nSPS) is 13.8. The first-order chi connectivity index (χ1) is 13.0. The highest BCUT2D eigenvalue weighted by atomic mass is 35.5. The minimum atomic E-state index is -0.322. The third kappa shape index (κ3) is 4.62. The first-order valence-corrected chi connectivity index (χ1v) is 9.75. The summed E-state index contributed by atoms with van der Waals surface area (Å²) in [7, 11) is 0. The van der Waals surface area contributed by atoms with Crippen LogP contribution in [-0.4, -0.2) is 46.1 Å². The summed E-state index contributed by atoms with van der Waals surface area (Å²) in [5.41, 5.74) is 1.74. The van der Waals surface area contributed by atoms with Crippen molar-refractivity contribution in [2.45, 2.75) is 32.7 Å². The van der Waals surface area contributed by atoms with Crippen LogP contribution in [0.4, 0.5) is 0 Å². The van der Waals surface area contributed by atoms with Gasteiger partial charge >= 0.3 is 0 Å². The molecule has 144 valence electrons. The van der Waals surface area contributed by atoms with E-state index in [-0.39, 0.29) is 29.9 Å². The van der Waals surface area contributed by atoms with E-state index in [4.69, 9.17) is 23.2 Å². The van der Waals surface area contributed by atoms with Crippen LogP contribution < -0.4 is 5.32 Å². The summed E-state index contributed by atoms with van der Waals surface area (Å²) in [4.78, 5) is 26.4. The number of amides is 2. The highest BCUT2D eigenvalue weighted by Gasteiger charge is 2.22. The van der Waals surface area contributed by atoms with Crippen molar-refractivity contribution in [2.75, 3.05) is 19.6 Å². The minimum Gasteiger partial charge on any atom is -0.351 e. The quantitative estimate of drug-likeness (QED) is 0.796. The predicted octanol–water partition coefficient (Wildman–Crippen LogP) is 3.29. The summed E-state index contributed by atoms with van der Waals surface area (Å²) in [6, 6.07) is 7.42. The molecule has 27 heavy (non-hydrogen) atoms. The summed E-state index contributed by atoms with van der Waals surface area (Å²) >= 11 is 12.6. The number of benzene rings is 1. The van der Waals surface area contributed by atoms with Crippen LogP contribution >= 0.6 is 23.2 Å². The third-order valence-corrected chi connectivity index (χ3v) is 5.41. The SMILES string of the molecule is Cc1nn(Cc2ccccc2Cl)c(Cl)c1C(=O)NCCC(=O)N1CCCC1. The lowest BCUT2D eigenvalue weighted by Gasteiger charge is -2.15. The van der Waals surface area contributed by atoms with Gasteiger partial charge in [0, 0.05) is 31.1 Å². The number of rotatable bonds is 6. The fourth-order valence-corrected chi connectivity index (χ4v) is 3.72. The number of nitrogens with zero attached hydrogens (tertiary/aromatic N) is 3. The Bertz CT molecular complexity index is 844. The van der Waals surface area contributed by atoms with E-state index in [1.54, 1.807) is 17.7 Å². The van der Waals surface area contributed by atoms with E-state index in [2.05, 4.69) is 10.4 Å². The van der Waals surface area contributed by atoms with Crippen LogP contribution in [0.3, 0.4) is 0 Å². The van der Waals surface area contributed by atoms with E-state index in [9.17, 15) is 9.59 Å². The lowest BCUT2D eigenvalue weighted by atomic mass is 10.2. The van der Waals surface area contributed by atoms with Gasteiger partial charge in [-0.1, -0.05) is 41.4 Å². The molecule has 8 heteroatoms. The molecule has 0 aliphatic carbocycles. The number of carbonyl (C=O) groups is 2. The van der Waals surface area contributed by atoms with Crippen LogP contribution in [0.25, 0.3) is 0 Å². The van der Waals surface area contributed by atoms with Crippen molar-refractivity contribution in [1.82, 2.24) is 20.0 Å². The Balaban J connectivity index is 1.62. The maximum Gasteiger partial charge on any atom is 0.256 e. The number of aryl methyl sites for hydroxylation is 1. The van der Waals surface area contributed by atoms with Gasteiger partial charge in [-0.3, -0.25) is 9.59 Å². The standard InChI is InChI=1S/C19H22Cl2N4O2/c1-13-17(19(27)22-9-8-16(26)24-10-4-5-11-24)18(21)25(23-13)12-14-6-2-3-7-15(14)20/h2-3,6-7H,4-5,8-12H2,1H3,(H,22,27). The van der Waals surface area contributed by atoms with Gasteiger partial charge in [0.1, 0.15) is 5.15 Å². The van der Waals surface area contributed by atoms with Crippen molar-refractivity contribution in [2.24, 2.45) is 0 Å². The summed E-state index contributed by atoms with van der Waals surface area (Å²) in [5, 5.41) is 8.02. The van der Waals surface area contributed by atoms with Gasteiger partial charge in [0.2, 0.25) is 5.91 Å². The number of carbonyl (C=O) groups excluding carboxylic acids is 2. The summed E-state index contributed by atoms with van der Waals surface area (Å²) in [6.45, 7) is 4.01. The molecule has 1 aromatic carbocycles. The molecule has 0 atom stereocenters. The average Bonchev–Trinajstić information content (AvgIpc) is 3.26. The summed E-state index contributed by atoms with van der Waals surface area (Å²) in [5.74, 6) is -0.248. The Kier molecular flexibility index (Phi) is 6.39. The molecule has 1 fully saturated rings. The lowest BCUT2D eigenvalue weighted by molar-refractivity contribution is -0.129. The van der Waals surface area contributed by atoms with Crippen molar-refractivity contribution in [3.05, 3.63) is 51.3 Å². The molecule has 1 N–H and O–H groups in total. The molecule has 0 bridgehead atoms. The van der Waals surface area contributed by atoms with Gasteiger partial charge in [-0.15, -0.1) is 0 Å². The molecule has 1 aromatic heterocycles. The van der Waals surface area contributed by atoms with Crippen molar-refractivity contribution in [1.29, 1.82) is 0 Å². The predicted molar refractivity (Wildman–Crippen MR) is 105 cm³/mol. The van der Waals surface area contributed by atoms with Crippen LogP contribution in [0.15, 0.2) is 24.3 Å². The molecule has 0 unspecified atom stereocenters. The van der Waals surface area contributed by atoms with Crippen molar-refractivity contribution in [3.63, 3.8) is 0 Å². The Hall–Kier alpha value is -2.05. The number of nitrogens with one attached hydrogen (secondary N) is 1. The fourth-order valence-electron chi connectivity index (χ4n) is 3.20. The Morgan fingerprint density at radius 2 is 1.89 bits per heavy atom. The van der Waals surface area contributed by atoms with Gasteiger partial charge in [-0.05, 0) is 31.4 Å². The fraction of sp³-hybridized carbons (Fsp3) is 0.421. The van der Waals surface area contributed by atoms with E-state index in [0.29, 0.717) is 22.8 Å². The van der Waals surface area contributed by atoms with Gasteiger partial charge in [-0.25, -0.2) is 4.68 Å². The van der Waals surface area contributed by atoms with Gasteiger partial charge in [0.15, 0.2) is 0 Å². The van der Waals surface area contributed by atoms with Crippen LogP contribution in [-0.2, 0) is 11.3 Å². The molecular formula is C19H22Cl2N4O2. The third-order valence-electron chi connectivity index (χ3n) is 4.65. The van der Waals surface area contributed by atoms with E-state index in [1.807, 2.05) is 23.1 Å². The molecule has 6 nitrogen and oxygen atoms in total. The maximum atomic E-state index is 12.5. The van der Waals surface area contributed by atoms with E-state index in [1.165, 1.54) is 0 Å². The number of aromatic nitrogens is 2. The van der Waals surface area contributed by atoms with Gasteiger partial charge in [-0.2, -0.15) is 5.10 Å². The molecule has 1 aliphatic rings. The van der Waals surface area contributed by atoms with Crippen LogP contribution in [0.5, 0.6) is 0 Å².